The van der Waals surface area contributed by atoms with E-state index in [0.717, 1.165) is 44.3 Å². The summed E-state index contributed by atoms with van der Waals surface area (Å²) >= 11 is 0. The molecule has 0 bridgehead atoms. The number of likely N-dealkylation sites (tertiary alicyclic amines) is 1. The molecule has 28 heavy (non-hydrogen) atoms. The van der Waals surface area contributed by atoms with E-state index in [4.69, 9.17) is 4.52 Å². The highest BCUT2D eigenvalue weighted by molar-refractivity contribution is 14.0. The molecule has 0 aromatic carbocycles. The molecule has 2 rings (SSSR count). The lowest BCUT2D eigenvalue weighted by Gasteiger charge is -2.32. The van der Waals surface area contributed by atoms with Crippen LogP contribution in [0.15, 0.2) is 9.52 Å². The van der Waals surface area contributed by atoms with Gasteiger partial charge >= 0.3 is 0 Å². The Balaban J connectivity index is 0.00000392. The summed E-state index contributed by atoms with van der Waals surface area (Å²) in [5.74, 6) is 2.51. The van der Waals surface area contributed by atoms with Crippen molar-refractivity contribution >= 4 is 35.8 Å². The van der Waals surface area contributed by atoms with Crippen LogP contribution in [0.25, 0.3) is 0 Å². The fraction of sp³-hybridized carbons (Fsp3) is 0.778. The zero-order valence-corrected chi connectivity index (χ0v) is 19.7. The number of rotatable bonds is 8. The number of carbonyl (C=O) groups is 1. The Kier molecular flexibility index (Phi) is 11.4. The van der Waals surface area contributed by atoms with E-state index in [-0.39, 0.29) is 35.8 Å². The molecule has 1 aromatic heterocycles. The van der Waals surface area contributed by atoms with Crippen LogP contribution in [0.5, 0.6) is 0 Å². The number of halogens is 1. The van der Waals surface area contributed by atoms with Crippen molar-refractivity contribution < 1.29 is 9.32 Å². The van der Waals surface area contributed by atoms with Crippen molar-refractivity contribution in [1.29, 1.82) is 0 Å². The number of hydrogen-bond donors (Lipinski definition) is 3. The Hall–Kier alpha value is -1.43. The van der Waals surface area contributed by atoms with Crippen LogP contribution in [-0.2, 0) is 11.2 Å². The molecule has 10 heteroatoms. The zero-order chi connectivity index (χ0) is 19.6. The molecule has 1 aliphatic heterocycles. The molecule has 1 aliphatic rings. The molecule has 1 aromatic rings. The van der Waals surface area contributed by atoms with Crippen molar-refractivity contribution in [2.75, 3.05) is 39.8 Å². The molecule has 0 radical (unpaired) electrons. The summed E-state index contributed by atoms with van der Waals surface area (Å²) < 4.78 is 5.26. The summed E-state index contributed by atoms with van der Waals surface area (Å²) in [5.41, 5.74) is 0. The maximum Gasteiger partial charge on any atom is 0.233 e. The van der Waals surface area contributed by atoms with Gasteiger partial charge in [0.2, 0.25) is 11.8 Å². The van der Waals surface area contributed by atoms with Gasteiger partial charge in [0.15, 0.2) is 11.8 Å². The minimum atomic E-state index is 0. The predicted molar refractivity (Wildman–Crippen MR) is 120 cm³/mol. The van der Waals surface area contributed by atoms with E-state index in [0.29, 0.717) is 31.4 Å². The first-order chi connectivity index (χ1) is 13.0. The van der Waals surface area contributed by atoms with Gasteiger partial charge < -0.3 is 20.5 Å². The van der Waals surface area contributed by atoms with Gasteiger partial charge in [-0.15, -0.1) is 24.0 Å². The fourth-order valence-corrected chi connectivity index (χ4v) is 2.90. The van der Waals surface area contributed by atoms with Gasteiger partial charge in [0.05, 0.1) is 13.1 Å². The van der Waals surface area contributed by atoms with Crippen LogP contribution in [0.2, 0.25) is 0 Å². The van der Waals surface area contributed by atoms with Gasteiger partial charge in [0.1, 0.15) is 0 Å². The summed E-state index contributed by atoms with van der Waals surface area (Å²) in [6.45, 7) is 9.81. The second kappa shape index (κ2) is 12.9. The van der Waals surface area contributed by atoms with Gasteiger partial charge in [0.25, 0.3) is 0 Å². The molecule has 9 nitrogen and oxygen atoms in total. The lowest BCUT2D eigenvalue weighted by molar-refractivity contribution is -0.122. The molecule has 1 saturated heterocycles. The smallest absolute Gasteiger partial charge is 0.233 e. The van der Waals surface area contributed by atoms with E-state index in [1.807, 2.05) is 13.8 Å². The quantitative estimate of drug-likeness (QED) is 0.275. The Morgan fingerprint density at radius 1 is 1.36 bits per heavy atom. The number of piperidine rings is 1. The monoisotopic (exact) mass is 507 g/mol. The SMILES string of the molecule is CCNC(=NCCc1nc(C(C)C)no1)NC1CCN(CC(=O)NC)CC1.I. The average Bonchev–Trinajstić information content (AvgIpc) is 3.12. The Bertz CT molecular complexity index is 613. The normalized spacial score (nSPS) is 16.0. The number of carbonyl (C=O) groups excluding carboxylic acids is 1. The van der Waals surface area contributed by atoms with Crippen LogP contribution in [0, 0.1) is 0 Å². The molecule has 160 valence electrons. The molecule has 0 spiro atoms. The van der Waals surface area contributed by atoms with Crippen molar-refractivity contribution in [3.8, 4) is 0 Å². The van der Waals surface area contributed by atoms with Crippen LogP contribution in [0.3, 0.4) is 0 Å². The second-order valence-electron chi connectivity index (χ2n) is 7.08. The zero-order valence-electron chi connectivity index (χ0n) is 17.3. The topological polar surface area (TPSA) is 108 Å². The standard InChI is InChI=1S/C18H33N7O2.HI/c1-5-20-18(21-9-6-16-23-17(13(2)3)24-27-16)22-14-7-10-25(11-8-14)12-15(26)19-4;/h13-14H,5-12H2,1-4H3,(H,19,26)(H2,20,21,22);1H. The summed E-state index contributed by atoms with van der Waals surface area (Å²) in [4.78, 5) is 22.7. The first kappa shape index (κ1) is 24.6. The third-order valence-electron chi connectivity index (χ3n) is 4.51. The molecule has 0 aliphatic carbocycles. The number of guanidine groups is 1. The number of aromatic nitrogens is 2. The summed E-state index contributed by atoms with van der Waals surface area (Å²) in [7, 11) is 1.67. The lowest BCUT2D eigenvalue weighted by atomic mass is 10.1. The second-order valence-corrected chi connectivity index (χ2v) is 7.08. The molecular weight excluding hydrogens is 473 g/mol. The van der Waals surface area contributed by atoms with Gasteiger partial charge in [0, 0.05) is 45.1 Å². The number of hydrogen-bond acceptors (Lipinski definition) is 6. The highest BCUT2D eigenvalue weighted by Gasteiger charge is 2.21. The van der Waals surface area contributed by atoms with Gasteiger partial charge in [-0.05, 0) is 19.8 Å². The Morgan fingerprint density at radius 2 is 2.07 bits per heavy atom. The number of nitrogens with one attached hydrogen (secondary N) is 3. The Morgan fingerprint density at radius 3 is 2.64 bits per heavy atom. The van der Waals surface area contributed by atoms with Gasteiger partial charge in [-0.1, -0.05) is 19.0 Å². The molecule has 0 unspecified atom stereocenters. The molecule has 2 heterocycles. The predicted octanol–water partition coefficient (Wildman–Crippen LogP) is 1.12. The summed E-state index contributed by atoms with van der Waals surface area (Å²) in [6, 6.07) is 0.361. The maximum atomic E-state index is 11.5. The van der Waals surface area contributed by atoms with E-state index in [1.54, 1.807) is 7.05 Å². The third-order valence-corrected chi connectivity index (χ3v) is 4.51. The van der Waals surface area contributed by atoms with Crippen molar-refractivity contribution in [3.63, 3.8) is 0 Å². The van der Waals surface area contributed by atoms with E-state index < -0.39 is 0 Å². The van der Waals surface area contributed by atoms with Crippen LogP contribution < -0.4 is 16.0 Å². The molecule has 0 atom stereocenters. The molecular formula is C18H34IN7O2. The van der Waals surface area contributed by atoms with Crippen molar-refractivity contribution in [2.45, 2.75) is 52.0 Å². The highest BCUT2D eigenvalue weighted by Crippen LogP contribution is 2.11. The van der Waals surface area contributed by atoms with E-state index in [9.17, 15) is 4.79 Å². The van der Waals surface area contributed by atoms with Crippen molar-refractivity contribution in [1.82, 2.24) is 31.0 Å². The van der Waals surface area contributed by atoms with Crippen molar-refractivity contribution in [3.05, 3.63) is 11.7 Å². The van der Waals surface area contributed by atoms with E-state index >= 15 is 0 Å². The number of amides is 1. The summed E-state index contributed by atoms with van der Waals surface area (Å²) in [6.07, 6.45) is 2.60. The van der Waals surface area contributed by atoms with Gasteiger partial charge in [-0.3, -0.25) is 14.7 Å². The number of likely N-dealkylation sites (N-methyl/N-ethyl adjacent to an activating group) is 1. The first-order valence-corrected chi connectivity index (χ1v) is 9.82. The largest absolute Gasteiger partial charge is 0.358 e. The van der Waals surface area contributed by atoms with Crippen molar-refractivity contribution in [2.24, 2.45) is 4.99 Å². The molecule has 1 fully saturated rings. The minimum Gasteiger partial charge on any atom is -0.358 e. The molecule has 3 N–H and O–H groups in total. The summed E-state index contributed by atoms with van der Waals surface area (Å²) in [5, 5.41) is 13.4. The van der Waals surface area contributed by atoms with Gasteiger partial charge in [-0.25, -0.2) is 0 Å². The number of aliphatic imine (C=N–C) groups is 1. The third kappa shape index (κ3) is 8.29. The van der Waals surface area contributed by atoms with Gasteiger partial charge in [-0.2, -0.15) is 4.98 Å². The van der Waals surface area contributed by atoms with E-state index in [2.05, 4.69) is 42.9 Å². The molecule has 0 saturated carbocycles. The average molecular weight is 507 g/mol. The van der Waals surface area contributed by atoms with Crippen LogP contribution in [0.4, 0.5) is 0 Å². The fourth-order valence-electron chi connectivity index (χ4n) is 2.90. The van der Waals surface area contributed by atoms with Crippen LogP contribution in [-0.4, -0.2) is 72.7 Å². The Labute approximate surface area is 184 Å². The first-order valence-electron chi connectivity index (χ1n) is 9.82. The maximum absolute atomic E-state index is 11.5. The lowest BCUT2D eigenvalue weighted by Crippen LogP contribution is -2.50. The van der Waals surface area contributed by atoms with Crippen LogP contribution in [0.1, 0.15) is 51.2 Å². The van der Waals surface area contributed by atoms with E-state index in [1.165, 1.54) is 0 Å². The minimum absolute atomic E-state index is 0. The molecule has 1 amide bonds. The highest BCUT2D eigenvalue weighted by atomic mass is 127. The number of nitrogens with zero attached hydrogens (tertiary/aromatic N) is 4. The van der Waals surface area contributed by atoms with Crippen LogP contribution >= 0.6 is 24.0 Å².